The molecular formula is C7H14O3. The fourth-order valence-electron chi connectivity index (χ4n) is 1.18. The molecule has 3 heteroatoms. The molecule has 0 amide bonds. The highest BCUT2D eigenvalue weighted by Crippen LogP contribution is 2.34. The van der Waals surface area contributed by atoms with Crippen LogP contribution < -0.4 is 0 Å². The van der Waals surface area contributed by atoms with Gasteiger partial charge in [-0.3, -0.25) is 0 Å². The van der Waals surface area contributed by atoms with Crippen LogP contribution in [-0.2, 0) is 4.74 Å². The zero-order valence-electron chi connectivity index (χ0n) is 6.42. The number of rotatable bonds is 1. The molecule has 1 saturated heterocycles. The smallest absolute Gasteiger partial charge is 0.118 e. The molecule has 0 bridgehead atoms. The van der Waals surface area contributed by atoms with E-state index in [0.29, 0.717) is 13.0 Å². The number of aliphatic hydroxyl groups excluding tert-OH is 1. The van der Waals surface area contributed by atoms with Crippen molar-refractivity contribution in [2.45, 2.75) is 31.5 Å². The summed E-state index contributed by atoms with van der Waals surface area (Å²) < 4.78 is 5.24. The summed E-state index contributed by atoms with van der Waals surface area (Å²) >= 11 is 0. The standard InChI is InChI=1S/C7H14O3/c1-6(2)7(9,5-8)3-4-10-6/h8-9H,3-5H2,1-2H3. The zero-order valence-corrected chi connectivity index (χ0v) is 6.42. The Bertz CT molecular complexity index is 133. The molecule has 0 saturated carbocycles. The highest BCUT2D eigenvalue weighted by atomic mass is 16.5. The first-order valence-corrected chi connectivity index (χ1v) is 3.49. The van der Waals surface area contributed by atoms with Crippen molar-refractivity contribution >= 4 is 0 Å². The van der Waals surface area contributed by atoms with Gasteiger partial charge in [-0.1, -0.05) is 0 Å². The van der Waals surface area contributed by atoms with Crippen molar-refractivity contribution in [2.24, 2.45) is 0 Å². The minimum atomic E-state index is -1.03. The molecule has 60 valence electrons. The molecule has 0 aromatic carbocycles. The van der Waals surface area contributed by atoms with Gasteiger partial charge < -0.3 is 14.9 Å². The van der Waals surface area contributed by atoms with E-state index in [0.717, 1.165) is 0 Å². The number of hydrogen-bond acceptors (Lipinski definition) is 3. The minimum absolute atomic E-state index is 0.222. The number of aliphatic hydroxyl groups is 2. The molecule has 10 heavy (non-hydrogen) atoms. The largest absolute Gasteiger partial charge is 0.393 e. The summed E-state index contributed by atoms with van der Waals surface area (Å²) in [7, 11) is 0. The van der Waals surface area contributed by atoms with E-state index >= 15 is 0 Å². The van der Waals surface area contributed by atoms with Gasteiger partial charge in [0.05, 0.1) is 18.8 Å². The van der Waals surface area contributed by atoms with Gasteiger partial charge in [0, 0.05) is 6.42 Å². The van der Waals surface area contributed by atoms with Gasteiger partial charge in [-0.2, -0.15) is 0 Å². The second-order valence-corrected chi connectivity index (χ2v) is 3.30. The molecule has 2 N–H and O–H groups in total. The first-order valence-electron chi connectivity index (χ1n) is 3.49. The Kier molecular flexibility index (Phi) is 1.75. The zero-order chi connectivity index (χ0) is 7.83. The van der Waals surface area contributed by atoms with Gasteiger partial charge in [0.1, 0.15) is 5.60 Å². The van der Waals surface area contributed by atoms with Crippen molar-refractivity contribution in [1.82, 2.24) is 0 Å². The van der Waals surface area contributed by atoms with Crippen molar-refractivity contribution in [1.29, 1.82) is 0 Å². The predicted octanol–water partition coefficient (Wildman–Crippen LogP) is -0.0913. The maximum absolute atomic E-state index is 9.65. The molecule has 3 nitrogen and oxygen atoms in total. The third kappa shape index (κ3) is 0.944. The number of hydrogen-bond donors (Lipinski definition) is 2. The molecule has 1 fully saturated rings. The Morgan fingerprint density at radius 3 is 2.30 bits per heavy atom. The van der Waals surface area contributed by atoms with Crippen molar-refractivity contribution in [3.05, 3.63) is 0 Å². The molecule has 0 aromatic heterocycles. The fraction of sp³-hybridized carbons (Fsp3) is 1.00. The average Bonchev–Trinajstić information content (AvgIpc) is 2.10. The Hall–Kier alpha value is -0.120. The molecule has 1 aliphatic rings. The maximum Gasteiger partial charge on any atom is 0.118 e. The quantitative estimate of drug-likeness (QED) is 0.543. The van der Waals surface area contributed by atoms with Gasteiger partial charge in [-0.05, 0) is 13.8 Å². The van der Waals surface area contributed by atoms with Crippen LogP contribution in [0.15, 0.2) is 0 Å². The molecule has 1 aliphatic heterocycles. The van der Waals surface area contributed by atoms with E-state index in [1.807, 2.05) is 0 Å². The summed E-state index contributed by atoms with van der Waals surface area (Å²) in [5.41, 5.74) is -1.63. The molecule has 1 unspecified atom stereocenters. The lowest BCUT2D eigenvalue weighted by Gasteiger charge is -2.32. The molecule has 0 aromatic rings. The van der Waals surface area contributed by atoms with Crippen molar-refractivity contribution in [2.75, 3.05) is 13.2 Å². The van der Waals surface area contributed by atoms with E-state index in [9.17, 15) is 5.11 Å². The molecule has 0 aliphatic carbocycles. The molecule has 0 spiro atoms. The van der Waals surface area contributed by atoms with E-state index in [-0.39, 0.29) is 6.61 Å². The van der Waals surface area contributed by atoms with Gasteiger partial charge in [0.2, 0.25) is 0 Å². The molecule has 1 heterocycles. The highest BCUT2D eigenvalue weighted by Gasteiger charge is 2.48. The van der Waals surface area contributed by atoms with Gasteiger partial charge in [0.25, 0.3) is 0 Å². The van der Waals surface area contributed by atoms with E-state index in [4.69, 9.17) is 9.84 Å². The van der Waals surface area contributed by atoms with Crippen LogP contribution >= 0.6 is 0 Å². The Labute approximate surface area is 60.6 Å². The topological polar surface area (TPSA) is 49.7 Å². The third-order valence-corrected chi connectivity index (χ3v) is 2.36. The third-order valence-electron chi connectivity index (χ3n) is 2.36. The summed E-state index contributed by atoms with van der Waals surface area (Å²) in [6, 6.07) is 0. The fourth-order valence-corrected chi connectivity index (χ4v) is 1.18. The van der Waals surface area contributed by atoms with Gasteiger partial charge in [-0.25, -0.2) is 0 Å². The normalized spacial score (nSPS) is 38.4. The Balaban J connectivity index is 2.76. The molecule has 1 rings (SSSR count). The first kappa shape index (κ1) is 7.98. The van der Waals surface area contributed by atoms with Crippen LogP contribution in [0.5, 0.6) is 0 Å². The van der Waals surface area contributed by atoms with Gasteiger partial charge >= 0.3 is 0 Å². The highest BCUT2D eigenvalue weighted by molar-refractivity contribution is 4.98. The monoisotopic (exact) mass is 146 g/mol. The first-order chi connectivity index (χ1) is 4.52. The van der Waals surface area contributed by atoms with Crippen LogP contribution in [0.25, 0.3) is 0 Å². The summed E-state index contributed by atoms with van der Waals surface area (Å²) in [6.45, 7) is 3.89. The van der Waals surface area contributed by atoms with Gasteiger partial charge in [-0.15, -0.1) is 0 Å². The van der Waals surface area contributed by atoms with Crippen LogP contribution in [-0.4, -0.2) is 34.6 Å². The lowest BCUT2D eigenvalue weighted by molar-refractivity contribution is -0.120. The van der Waals surface area contributed by atoms with Crippen molar-refractivity contribution in [3.63, 3.8) is 0 Å². The Morgan fingerprint density at radius 1 is 1.50 bits per heavy atom. The second kappa shape index (κ2) is 2.19. The Morgan fingerprint density at radius 2 is 2.10 bits per heavy atom. The van der Waals surface area contributed by atoms with E-state index < -0.39 is 11.2 Å². The van der Waals surface area contributed by atoms with Crippen LogP contribution in [0.3, 0.4) is 0 Å². The molecule has 1 atom stereocenters. The van der Waals surface area contributed by atoms with Crippen LogP contribution in [0, 0.1) is 0 Å². The van der Waals surface area contributed by atoms with Crippen molar-refractivity contribution in [3.8, 4) is 0 Å². The van der Waals surface area contributed by atoms with E-state index in [1.165, 1.54) is 0 Å². The predicted molar refractivity (Wildman–Crippen MR) is 36.7 cm³/mol. The summed E-state index contributed by atoms with van der Waals surface area (Å²) in [6.07, 6.45) is 0.524. The summed E-state index contributed by atoms with van der Waals surface area (Å²) in [4.78, 5) is 0. The van der Waals surface area contributed by atoms with Crippen LogP contribution in [0.2, 0.25) is 0 Å². The second-order valence-electron chi connectivity index (χ2n) is 3.30. The van der Waals surface area contributed by atoms with E-state index in [1.54, 1.807) is 13.8 Å². The molecule has 0 radical (unpaired) electrons. The lowest BCUT2D eigenvalue weighted by atomic mass is 9.86. The minimum Gasteiger partial charge on any atom is -0.393 e. The van der Waals surface area contributed by atoms with Gasteiger partial charge in [0.15, 0.2) is 0 Å². The maximum atomic E-state index is 9.65. The van der Waals surface area contributed by atoms with Crippen molar-refractivity contribution < 1.29 is 14.9 Å². The van der Waals surface area contributed by atoms with Crippen LogP contribution in [0.4, 0.5) is 0 Å². The lowest BCUT2D eigenvalue weighted by Crippen LogP contribution is -2.49. The van der Waals surface area contributed by atoms with Crippen LogP contribution in [0.1, 0.15) is 20.3 Å². The summed E-state index contributed by atoms with van der Waals surface area (Å²) in [5.74, 6) is 0. The average molecular weight is 146 g/mol. The number of ether oxygens (including phenoxy) is 1. The van der Waals surface area contributed by atoms with E-state index in [2.05, 4.69) is 0 Å². The SMILES string of the molecule is CC1(C)OCCC1(O)CO. The molecular weight excluding hydrogens is 132 g/mol. The summed E-state index contributed by atoms with van der Waals surface area (Å²) in [5, 5.41) is 18.5.